The number of amides is 2. The summed E-state index contributed by atoms with van der Waals surface area (Å²) >= 11 is 1.35. The number of nitrogens with zero attached hydrogens (tertiary/aromatic N) is 2. The summed E-state index contributed by atoms with van der Waals surface area (Å²) < 4.78 is 27.9. The highest BCUT2D eigenvalue weighted by molar-refractivity contribution is 7.11. The molecule has 0 radical (unpaired) electrons. The number of halogens is 2. The van der Waals surface area contributed by atoms with Crippen LogP contribution in [-0.4, -0.2) is 23.3 Å². The summed E-state index contributed by atoms with van der Waals surface area (Å²) in [6, 6.07) is 14.4. The molecule has 0 spiro atoms. The smallest absolute Gasteiger partial charge is 0.282 e. The third-order valence-electron chi connectivity index (χ3n) is 5.42. The third kappa shape index (κ3) is 2.93. The number of carbonyl (C=O) groups excluding carboxylic acids is 2. The van der Waals surface area contributed by atoms with Gasteiger partial charge in [-0.05, 0) is 41.1 Å². The fourth-order valence-electron chi connectivity index (χ4n) is 4.02. The average Bonchev–Trinajstić information content (AvgIpc) is 3.35. The normalized spacial score (nSPS) is 16.5. The van der Waals surface area contributed by atoms with Gasteiger partial charge < -0.3 is 4.90 Å². The van der Waals surface area contributed by atoms with E-state index in [1.54, 1.807) is 12.1 Å². The van der Waals surface area contributed by atoms with Crippen molar-refractivity contribution in [3.05, 3.63) is 93.3 Å². The quantitative estimate of drug-likeness (QED) is 0.589. The first-order valence-corrected chi connectivity index (χ1v) is 10.4. The van der Waals surface area contributed by atoms with Crippen molar-refractivity contribution in [2.24, 2.45) is 0 Å². The number of benzene rings is 2. The van der Waals surface area contributed by atoms with Crippen molar-refractivity contribution < 1.29 is 18.4 Å². The van der Waals surface area contributed by atoms with Gasteiger partial charge >= 0.3 is 0 Å². The largest absolute Gasteiger partial charge is 0.362 e. The molecule has 0 saturated heterocycles. The molecule has 0 fully saturated rings. The van der Waals surface area contributed by atoms with Crippen molar-refractivity contribution in [1.82, 2.24) is 4.90 Å². The number of hydrogen-bond acceptors (Lipinski definition) is 4. The van der Waals surface area contributed by atoms with Gasteiger partial charge in [0, 0.05) is 24.0 Å². The van der Waals surface area contributed by atoms with Crippen LogP contribution in [0.5, 0.6) is 0 Å². The minimum atomic E-state index is -0.951. The summed E-state index contributed by atoms with van der Waals surface area (Å²) in [5.41, 5.74) is 2.59. The topological polar surface area (TPSA) is 40.6 Å². The first kappa shape index (κ1) is 18.7. The van der Waals surface area contributed by atoms with Gasteiger partial charge in [0.05, 0.1) is 11.3 Å². The first-order chi connectivity index (χ1) is 14.5. The van der Waals surface area contributed by atoms with Crippen LogP contribution in [-0.2, 0) is 22.6 Å². The molecule has 2 aliphatic heterocycles. The Kier molecular flexibility index (Phi) is 4.47. The van der Waals surface area contributed by atoms with Gasteiger partial charge in [-0.25, -0.2) is 13.7 Å². The average molecular weight is 422 g/mol. The number of hydrogen-bond donors (Lipinski definition) is 0. The van der Waals surface area contributed by atoms with E-state index in [-0.39, 0.29) is 17.0 Å². The Morgan fingerprint density at radius 1 is 0.900 bits per heavy atom. The van der Waals surface area contributed by atoms with Crippen LogP contribution in [0.1, 0.15) is 16.0 Å². The van der Waals surface area contributed by atoms with Gasteiger partial charge in [0.2, 0.25) is 0 Å². The number of anilines is 1. The van der Waals surface area contributed by atoms with Gasteiger partial charge in [-0.3, -0.25) is 9.59 Å². The lowest BCUT2D eigenvalue weighted by atomic mass is 9.99. The Morgan fingerprint density at radius 3 is 2.43 bits per heavy atom. The number of rotatable bonds is 3. The van der Waals surface area contributed by atoms with Crippen LogP contribution < -0.4 is 4.90 Å². The molecule has 150 valence electrons. The lowest BCUT2D eigenvalue weighted by Crippen LogP contribution is -2.37. The van der Waals surface area contributed by atoms with Crippen LogP contribution in [0.4, 0.5) is 14.5 Å². The van der Waals surface area contributed by atoms with E-state index in [9.17, 15) is 18.4 Å². The molecule has 5 rings (SSSR count). The molecular formula is C23H16F2N2O2S. The maximum absolute atomic E-state index is 14.5. The molecule has 2 aromatic carbocycles. The van der Waals surface area contributed by atoms with Crippen molar-refractivity contribution in [2.75, 3.05) is 11.4 Å². The minimum absolute atomic E-state index is 0.243. The zero-order chi connectivity index (χ0) is 20.8. The van der Waals surface area contributed by atoms with Crippen molar-refractivity contribution in [3.63, 3.8) is 0 Å². The van der Waals surface area contributed by atoms with Crippen LogP contribution in [0.3, 0.4) is 0 Å². The highest BCUT2D eigenvalue weighted by atomic mass is 32.1. The molecule has 0 unspecified atom stereocenters. The monoisotopic (exact) mass is 422 g/mol. The highest BCUT2D eigenvalue weighted by Gasteiger charge is 2.44. The second-order valence-corrected chi connectivity index (χ2v) is 8.13. The molecule has 0 atom stereocenters. The van der Waals surface area contributed by atoms with Crippen LogP contribution in [0, 0.1) is 11.6 Å². The minimum Gasteiger partial charge on any atom is -0.362 e. The van der Waals surface area contributed by atoms with Gasteiger partial charge in [-0.2, -0.15) is 0 Å². The van der Waals surface area contributed by atoms with Crippen molar-refractivity contribution in [3.8, 4) is 0 Å². The molecular weight excluding hydrogens is 406 g/mol. The fourth-order valence-corrected chi connectivity index (χ4v) is 4.79. The second-order valence-electron chi connectivity index (χ2n) is 7.18. The van der Waals surface area contributed by atoms with Crippen LogP contribution in [0.2, 0.25) is 0 Å². The highest BCUT2D eigenvalue weighted by Crippen LogP contribution is 2.38. The summed E-state index contributed by atoms with van der Waals surface area (Å²) in [6.45, 7) is 1.05. The molecule has 3 aromatic rings. The maximum atomic E-state index is 14.5. The molecule has 4 nitrogen and oxygen atoms in total. The van der Waals surface area contributed by atoms with E-state index in [2.05, 4.69) is 6.07 Å². The first-order valence-electron chi connectivity index (χ1n) is 9.48. The predicted molar refractivity (Wildman–Crippen MR) is 111 cm³/mol. The Hall–Kier alpha value is -3.32. The molecule has 2 aliphatic rings. The predicted octanol–water partition coefficient (Wildman–Crippen LogP) is 4.37. The molecule has 7 heteroatoms. The van der Waals surface area contributed by atoms with Crippen molar-refractivity contribution in [2.45, 2.75) is 13.0 Å². The molecule has 3 heterocycles. The molecule has 0 bridgehead atoms. The molecule has 0 N–H and O–H groups in total. The lowest BCUT2D eigenvalue weighted by Gasteiger charge is -2.31. The molecule has 2 amide bonds. The van der Waals surface area contributed by atoms with E-state index >= 15 is 0 Å². The summed E-state index contributed by atoms with van der Waals surface area (Å²) in [5, 5.41) is 1.82. The van der Waals surface area contributed by atoms with Gasteiger partial charge in [-0.15, -0.1) is 11.3 Å². The van der Waals surface area contributed by atoms with E-state index in [0.29, 0.717) is 24.0 Å². The van der Waals surface area contributed by atoms with E-state index in [0.717, 1.165) is 29.0 Å². The van der Waals surface area contributed by atoms with Crippen molar-refractivity contribution in [1.29, 1.82) is 0 Å². The Labute approximate surface area is 175 Å². The number of fused-ring (bicyclic) bond motifs is 1. The third-order valence-corrected chi connectivity index (χ3v) is 6.31. The fraction of sp³-hybridized carbons (Fsp3) is 0.130. The Morgan fingerprint density at radius 2 is 1.70 bits per heavy atom. The van der Waals surface area contributed by atoms with E-state index in [1.807, 2.05) is 28.5 Å². The molecule has 1 aromatic heterocycles. The van der Waals surface area contributed by atoms with Gasteiger partial charge in [0.1, 0.15) is 17.3 Å². The summed E-state index contributed by atoms with van der Waals surface area (Å²) in [7, 11) is 0. The summed E-state index contributed by atoms with van der Waals surface area (Å²) in [4.78, 5) is 30.1. The van der Waals surface area contributed by atoms with Gasteiger partial charge in [0.15, 0.2) is 0 Å². The number of thiophene rings is 1. The second kappa shape index (κ2) is 7.18. The van der Waals surface area contributed by atoms with Crippen LogP contribution >= 0.6 is 11.3 Å². The molecule has 0 aliphatic carbocycles. The Bertz CT molecular complexity index is 1200. The van der Waals surface area contributed by atoms with Crippen LogP contribution in [0.15, 0.2) is 65.7 Å². The van der Waals surface area contributed by atoms with E-state index in [1.165, 1.54) is 16.9 Å². The van der Waals surface area contributed by atoms with E-state index < -0.39 is 23.4 Å². The SMILES string of the molecule is O=C1C(c2cccs2)=C(N2CCc3ccccc3C2)C(=O)N1c1ccc(F)cc1F. The van der Waals surface area contributed by atoms with E-state index in [4.69, 9.17) is 0 Å². The number of imide groups is 1. The van der Waals surface area contributed by atoms with Crippen molar-refractivity contribution >= 4 is 34.4 Å². The molecule has 30 heavy (non-hydrogen) atoms. The van der Waals surface area contributed by atoms with Crippen LogP contribution in [0.25, 0.3) is 5.57 Å². The van der Waals surface area contributed by atoms with Gasteiger partial charge in [-0.1, -0.05) is 30.3 Å². The number of carbonyl (C=O) groups is 2. The summed E-state index contributed by atoms with van der Waals surface area (Å²) in [5.74, 6) is -2.91. The van der Waals surface area contributed by atoms with Gasteiger partial charge in [0.25, 0.3) is 11.8 Å². The Balaban J connectivity index is 1.61. The zero-order valence-corrected chi connectivity index (χ0v) is 16.6. The summed E-state index contributed by atoms with van der Waals surface area (Å²) in [6.07, 6.45) is 0.740. The lowest BCUT2D eigenvalue weighted by molar-refractivity contribution is -0.120. The molecule has 0 saturated carbocycles. The maximum Gasteiger partial charge on any atom is 0.282 e. The zero-order valence-electron chi connectivity index (χ0n) is 15.8. The standard InChI is InChI=1S/C23H16F2N2O2S/c24-16-7-8-18(17(25)12-16)27-22(28)20(19-6-3-11-30-19)21(23(27)29)26-10-9-14-4-1-2-5-15(14)13-26/h1-8,11-12H,9-10,13H2.